The average Bonchev–Trinajstić information content (AvgIpc) is 2.55. The highest BCUT2D eigenvalue weighted by molar-refractivity contribution is 5.87. The van der Waals surface area contributed by atoms with Crippen LogP contribution in [0.1, 0.15) is 26.2 Å². The summed E-state index contributed by atoms with van der Waals surface area (Å²) in [6.07, 6.45) is 2.83. The average molecular weight is 225 g/mol. The van der Waals surface area contributed by atoms with E-state index in [1.165, 1.54) is 0 Å². The van der Waals surface area contributed by atoms with Crippen LogP contribution in [-0.4, -0.2) is 54.5 Å². The van der Waals surface area contributed by atoms with Gasteiger partial charge in [0, 0.05) is 19.1 Å². The zero-order valence-corrected chi connectivity index (χ0v) is 10.6. The van der Waals surface area contributed by atoms with E-state index < -0.39 is 5.54 Å². The van der Waals surface area contributed by atoms with Gasteiger partial charge >= 0.3 is 0 Å². The Bertz CT molecular complexity index is 286. The van der Waals surface area contributed by atoms with Crippen LogP contribution in [0, 0.1) is 5.92 Å². The third kappa shape index (κ3) is 1.84. The van der Waals surface area contributed by atoms with E-state index in [0.29, 0.717) is 12.0 Å². The molecule has 2 rings (SSSR count). The molecule has 92 valence electrons. The minimum Gasteiger partial charge on any atom is -0.339 e. The number of carbonyl (C=O) groups is 1. The van der Waals surface area contributed by atoms with Crippen LogP contribution in [0.25, 0.3) is 0 Å². The zero-order chi connectivity index (χ0) is 11.9. The van der Waals surface area contributed by atoms with E-state index in [0.717, 1.165) is 32.4 Å². The Kier molecular flexibility index (Phi) is 2.97. The Hall–Kier alpha value is -0.610. The van der Waals surface area contributed by atoms with Crippen molar-refractivity contribution in [2.75, 3.05) is 27.2 Å². The van der Waals surface area contributed by atoms with Gasteiger partial charge in [-0.2, -0.15) is 0 Å². The zero-order valence-electron chi connectivity index (χ0n) is 10.6. The van der Waals surface area contributed by atoms with Gasteiger partial charge in [-0.25, -0.2) is 0 Å². The Morgan fingerprint density at radius 1 is 1.38 bits per heavy atom. The number of hydrogen-bond acceptors (Lipinski definition) is 3. The Balaban J connectivity index is 2.00. The molecule has 0 aromatic heterocycles. The van der Waals surface area contributed by atoms with Gasteiger partial charge in [-0.3, -0.25) is 4.79 Å². The quantitative estimate of drug-likeness (QED) is 0.734. The first-order valence-electron chi connectivity index (χ1n) is 6.19. The highest BCUT2D eigenvalue weighted by Gasteiger charge is 2.45. The van der Waals surface area contributed by atoms with Crippen LogP contribution in [0.2, 0.25) is 0 Å². The lowest BCUT2D eigenvalue weighted by molar-refractivity contribution is -0.139. The molecule has 0 aromatic rings. The predicted molar refractivity (Wildman–Crippen MR) is 64.0 cm³/mol. The summed E-state index contributed by atoms with van der Waals surface area (Å²) in [7, 11) is 4.16. The third-order valence-electron chi connectivity index (χ3n) is 4.19. The molecular formula is C12H23N3O. The van der Waals surface area contributed by atoms with Crippen LogP contribution in [0.3, 0.4) is 0 Å². The molecule has 4 heteroatoms. The lowest BCUT2D eigenvalue weighted by Crippen LogP contribution is -2.59. The fourth-order valence-corrected chi connectivity index (χ4v) is 2.87. The molecule has 2 atom stereocenters. The highest BCUT2D eigenvalue weighted by Crippen LogP contribution is 2.33. The molecule has 0 radical (unpaired) electrons. The normalized spacial score (nSPS) is 32.9. The summed E-state index contributed by atoms with van der Waals surface area (Å²) < 4.78 is 0. The molecular weight excluding hydrogens is 202 g/mol. The van der Waals surface area contributed by atoms with E-state index in [1.807, 2.05) is 4.90 Å². The molecule has 0 spiro atoms. The van der Waals surface area contributed by atoms with Crippen molar-refractivity contribution in [1.82, 2.24) is 9.80 Å². The largest absolute Gasteiger partial charge is 0.339 e. The molecule has 1 aliphatic carbocycles. The van der Waals surface area contributed by atoms with Crippen LogP contribution in [0.15, 0.2) is 0 Å². The molecule has 1 heterocycles. The Morgan fingerprint density at radius 3 is 2.38 bits per heavy atom. The second kappa shape index (κ2) is 4.00. The van der Waals surface area contributed by atoms with Gasteiger partial charge in [-0.05, 0) is 39.3 Å². The van der Waals surface area contributed by atoms with Crippen molar-refractivity contribution < 1.29 is 4.79 Å². The molecule has 4 nitrogen and oxygen atoms in total. The van der Waals surface area contributed by atoms with E-state index >= 15 is 0 Å². The first kappa shape index (κ1) is 11.9. The van der Waals surface area contributed by atoms with Crippen molar-refractivity contribution in [3.05, 3.63) is 0 Å². The standard InChI is InChI=1S/C12H23N3O/c1-9-7-15(8-10(9)14(2)3)11(16)12(13)5-4-6-12/h9-10H,4-8,13H2,1-3H3. The third-order valence-corrected chi connectivity index (χ3v) is 4.19. The fraction of sp³-hybridized carbons (Fsp3) is 0.917. The summed E-state index contributed by atoms with van der Waals surface area (Å²) >= 11 is 0. The van der Waals surface area contributed by atoms with Gasteiger partial charge < -0.3 is 15.5 Å². The predicted octanol–water partition coefficient (Wildman–Crippen LogP) is 0.276. The van der Waals surface area contributed by atoms with E-state index in [4.69, 9.17) is 5.73 Å². The van der Waals surface area contributed by atoms with E-state index in [1.54, 1.807) is 0 Å². The van der Waals surface area contributed by atoms with Crippen molar-refractivity contribution in [1.29, 1.82) is 0 Å². The number of carbonyl (C=O) groups excluding carboxylic acids is 1. The first-order valence-corrected chi connectivity index (χ1v) is 6.19. The molecule has 1 saturated heterocycles. The second-order valence-electron chi connectivity index (χ2n) is 5.73. The summed E-state index contributed by atoms with van der Waals surface area (Å²) in [5.41, 5.74) is 5.56. The Labute approximate surface area is 97.8 Å². The van der Waals surface area contributed by atoms with Gasteiger partial charge in [0.2, 0.25) is 5.91 Å². The smallest absolute Gasteiger partial charge is 0.242 e. The van der Waals surface area contributed by atoms with Crippen molar-refractivity contribution in [2.45, 2.75) is 37.8 Å². The Morgan fingerprint density at radius 2 is 2.00 bits per heavy atom. The minimum absolute atomic E-state index is 0.176. The maximum Gasteiger partial charge on any atom is 0.242 e. The lowest BCUT2D eigenvalue weighted by Gasteiger charge is -2.39. The van der Waals surface area contributed by atoms with Gasteiger partial charge in [-0.15, -0.1) is 0 Å². The first-order chi connectivity index (χ1) is 7.44. The molecule has 2 N–H and O–H groups in total. The molecule has 0 aromatic carbocycles. The number of likely N-dealkylation sites (tertiary alicyclic amines) is 1. The maximum atomic E-state index is 12.2. The van der Waals surface area contributed by atoms with Gasteiger partial charge in [0.05, 0.1) is 5.54 Å². The van der Waals surface area contributed by atoms with E-state index in [2.05, 4.69) is 25.9 Å². The highest BCUT2D eigenvalue weighted by atomic mass is 16.2. The van der Waals surface area contributed by atoms with E-state index in [9.17, 15) is 4.79 Å². The molecule has 2 unspecified atom stereocenters. The summed E-state index contributed by atoms with van der Waals surface area (Å²) in [5, 5.41) is 0. The van der Waals surface area contributed by atoms with E-state index in [-0.39, 0.29) is 5.91 Å². The van der Waals surface area contributed by atoms with Crippen LogP contribution in [0.5, 0.6) is 0 Å². The molecule has 2 aliphatic rings. The monoisotopic (exact) mass is 225 g/mol. The van der Waals surface area contributed by atoms with Crippen LogP contribution >= 0.6 is 0 Å². The van der Waals surface area contributed by atoms with Crippen LogP contribution in [-0.2, 0) is 4.79 Å². The number of likely N-dealkylation sites (N-methyl/N-ethyl adjacent to an activating group) is 1. The summed E-state index contributed by atoms with van der Waals surface area (Å²) in [6, 6.07) is 0.479. The number of amides is 1. The molecule has 0 bridgehead atoms. The number of nitrogens with two attached hydrogens (primary N) is 1. The topological polar surface area (TPSA) is 49.6 Å². The second-order valence-corrected chi connectivity index (χ2v) is 5.73. The van der Waals surface area contributed by atoms with Gasteiger partial charge in [0.15, 0.2) is 0 Å². The van der Waals surface area contributed by atoms with Gasteiger partial charge in [-0.1, -0.05) is 6.92 Å². The molecule has 1 aliphatic heterocycles. The number of nitrogens with zero attached hydrogens (tertiary/aromatic N) is 2. The summed E-state index contributed by atoms with van der Waals surface area (Å²) in [4.78, 5) is 16.4. The van der Waals surface area contributed by atoms with Gasteiger partial charge in [0.25, 0.3) is 0 Å². The molecule has 1 saturated carbocycles. The number of hydrogen-bond donors (Lipinski definition) is 1. The van der Waals surface area contributed by atoms with Crippen LogP contribution in [0.4, 0.5) is 0 Å². The van der Waals surface area contributed by atoms with Crippen LogP contribution < -0.4 is 5.73 Å². The minimum atomic E-state index is -0.527. The fourth-order valence-electron chi connectivity index (χ4n) is 2.87. The molecule has 16 heavy (non-hydrogen) atoms. The van der Waals surface area contributed by atoms with Crippen molar-refractivity contribution >= 4 is 5.91 Å². The maximum absolute atomic E-state index is 12.2. The number of rotatable bonds is 2. The van der Waals surface area contributed by atoms with Crippen molar-refractivity contribution in [3.63, 3.8) is 0 Å². The van der Waals surface area contributed by atoms with Gasteiger partial charge in [0.1, 0.15) is 0 Å². The lowest BCUT2D eigenvalue weighted by atomic mass is 9.76. The molecule has 1 amide bonds. The summed E-state index contributed by atoms with van der Waals surface area (Å²) in [6.45, 7) is 3.91. The molecule has 2 fully saturated rings. The van der Waals surface area contributed by atoms with Crippen molar-refractivity contribution in [3.8, 4) is 0 Å². The summed E-state index contributed by atoms with van der Waals surface area (Å²) in [5.74, 6) is 0.720. The SMILES string of the molecule is CC1CN(C(=O)C2(N)CCC2)CC1N(C)C. The van der Waals surface area contributed by atoms with Crippen molar-refractivity contribution in [2.24, 2.45) is 11.7 Å².